The zero-order chi connectivity index (χ0) is 22.6. The number of pyridine rings is 1. The number of ether oxygens (including phenoxy) is 1. The second kappa shape index (κ2) is 10.7. The quantitative estimate of drug-likeness (QED) is 0.395. The lowest BCUT2D eigenvalue weighted by molar-refractivity contribution is 0.0558. The van der Waals surface area contributed by atoms with Gasteiger partial charge in [-0.25, -0.2) is 4.68 Å². The van der Waals surface area contributed by atoms with E-state index in [1.807, 2.05) is 17.0 Å². The van der Waals surface area contributed by atoms with Gasteiger partial charge in [-0.2, -0.15) is 0 Å². The standard InChI is InChI=1S/C23H25N7O3.ClH/c1-32-15-13-30-22(25-26-27-30)21(18-6-7-19-17(16-18)4-2-8-24-19)28-9-11-29(12-10-28)23(31)20-5-3-14-33-20;/h2-8,14,16,21H,9-13,15H2,1H3;1H. The molecule has 1 amide bonds. The molecule has 10 nitrogen and oxygen atoms in total. The lowest BCUT2D eigenvalue weighted by Crippen LogP contribution is -2.50. The summed E-state index contributed by atoms with van der Waals surface area (Å²) in [6, 6.07) is 13.5. The van der Waals surface area contributed by atoms with Crippen molar-refractivity contribution in [2.24, 2.45) is 0 Å². The van der Waals surface area contributed by atoms with Gasteiger partial charge < -0.3 is 14.1 Å². The van der Waals surface area contributed by atoms with Crippen LogP contribution in [0.5, 0.6) is 0 Å². The van der Waals surface area contributed by atoms with Crippen LogP contribution in [0.2, 0.25) is 0 Å². The molecule has 1 saturated heterocycles. The second-order valence-corrected chi connectivity index (χ2v) is 7.92. The maximum absolute atomic E-state index is 12.7. The predicted molar refractivity (Wildman–Crippen MR) is 127 cm³/mol. The van der Waals surface area contributed by atoms with E-state index < -0.39 is 0 Å². The van der Waals surface area contributed by atoms with E-state index in [2.05, 4.69) is 43.6 Å². The van der Waals surface area contributed by atoms with Gasteiger partial charge in [0.2, 0.25) is 0 Å². The van der Waals surface area contributed by atoms with Crippen molar-refractivity contribution < 1.29 is 13.9 Å². The topological polar surface area (TPSA) is 102 Å². The Bertz CT molecular complexity index is 1220. The van der Waals surface area contributed by atoms with E-state index in [0.717, 1.165) is 22.3 Å². The van der Waals surface area contributed by atoms with Gasteiger partial charge in [0, 0.05) is 44.9 Å². The molecule has 0 saturated carbocycles. The fraction of sp³-hybridized carbons (Fsp3) is 0.348. The van der Waals surface area contributed by atoms with E-state index in [1.165, 1.54) is 6.26 Å². The number of nitrogens with zero attached hydrogens (tertiary/aromatic N) is 7. The monoisotopic (exact) mass is 483 g/mol. The van der Waals surface area contributed by atoms with Crippen LogP contribution in [0.1, 0.15) is 28.0 Å². The first-order chi connectivity index (χ1) is 16.2. The number of carbonyl (C=O) groups is 1. The Balaban J connectivity index is 0.00000274. The summed E-state index contributed by atoms with van der Waals surface area (Å²) in [7, 11) is 1.66. The van der Waals surface area contributed by atoms with E-state index >= 15 is 0 Å². The number of fused-ring (bicyclic) bond motifs is 1. The number of hydrogen-bond donors (Lipinski definition) is 0. The fourth-order valence-corrected chi connectivity index (χ4v) is 4.27. The molecule has 1 fully saturated rings. The highest BCUT2D eigenvalue weighted by molar-refractivity contribution is 5.91. The fourth-order valence-electron chi connectivity index (χ4n) is 4.27. The summed E-state index contributed by atoms with van der Waals surface area (Å²) in [6.07, 6.45) is 3.31. The molecule has 1 atom stereocenters. The molecule has 178 valence electrons. The molecule has 0 spiro atoms. The summed E-state index contributed by atoms with van der Waals surface area (Å²) in [4.78, 5) is 21.3. The minimum atomic E-state index is -0.165. The van der Waals surface area contributed by atoms with Crippen molar-refractivity contribution in [3.63, 3.8) is 0 Å². The van der Waals surface area contributed by atoms with Gasteiger partial charge in [0.1, 0.15) is 0 Å². The molecule has 11 heteroatoms. The second-order valence-electron chi connectivity index (χ2n) is 7.92. The maximum atomic E-state index is 12.7. The summed E-state index contributed by atoms with van der Waals surface area (Å²) < 4.78 is 12.3. The molecular weight excluding hydrogens is 458 g/mol. The third-order valence-electron chi connectivity index (χ3n) is 5.95. The van der Waals surface area contributed by atoms with Crippen LogP contribution in [-0.2, 0) is 11.3 Å². The molecule has 4 aromatic rings. The van der Waals surface area contributed by atoms with Crippen LogP contribution < -0.4 is 0 Å². The normalized spacial score (nSPS) is 15.3. The summed E-state index contributed by atoms with van der Waals surface area (Å²) >= 11 is 0. The Morgan fingerprint density at radius 1 is 1.15 bits per heavy atom. The maximum Gasteiger partial charge on any atom is 0.289 e. The molecule has 34 heavy (non-hydrogen) atoms. The summed E-state index contributed by atoms with van der Waals surface area (Å²) in [5, 5.41) is 13.6. The van der Waals surface area contributed by atoms with Crippen molar-refractivity contribution in [3.8, 4) is 0 Å². The Labute approximate surface area is 202 Å². The highest BCUT2D eigenvalue weighted by atomic mass is 35.5. The van der Waals surface area contributed by atoms with Gasteiger partial charge >= 0.3 is 0 Å². The van der Waals surface area contributed by atoms with Crippen molar-refractivity contribution in [2.75, 3.05) is 39.9 Å². The SMILES string of the molecule is COCCn1nnnc1C(c1ccc2ncccc2c1)N1CCN(C(=O)c2ccco2)CC1.Cl. The predicted octanol–water partition coefficient (Wildman–Crippen LogP) is 2.43. The Hall–Kier alpha value is -3.34. The molecule has 1 aliphatic heterocycles. The van der Waals surface area contributed by atoms with E-state index in [1.54, 1.807) is 30.1 Å². The molecule has 5 rings (SSSR count). The van der Waals surface area contributed by atoms with Crippen LogP contribution in [0.15, 0.2) is 59.3 Å². The number of hydrogen-bond acceptors (Lipinski definition) is 8. The van der Waals surface area contributed by atoms with E-state index in [4.69, 9.17) is 9.15 Å². The zero-order valence-corrected chi connectivity index (χ0v) is 19.6. The number of piperazine rings is 1. The van der Waals surface area contributed by atoms with Crippen LogP contribution in [0.4, 0.5) is 0 Å². The number of furan rings is 1. The first-order valence-electron chi connectivity index (χ1n) is 10.9. The Kier molecular flexibility index (Phi) is 7.51. The number of benzene rings is 1. The lowest BCUT2D eigenvalue weighted by atomic mass is 10.0. The molecule has 0 aliphatic carbocycles. The largest absolute Gasteiger partial charge is 0.459 e. The highest BCUT2D eigenvalue weighted by Crippen LogP contribution is 2.30. The van der Waals surface area contributed by atoms with Crippen molar-refractivity contribution >= 4 is 29.2 Å². The number of carbonyl (C=O) groups excluding carboxylic acids is 1. The van der Waals surface area contributed by atoms with Crippen molar-refractivity contribution in [3.05, 3.63) is 72.1 Å². The van der Waals surface area contributed by atoms with Gasteiger partial charge in [0.15, 0.2) is 11.6 Å². The van der Waals surface area contributed by atoms with E-state index in [0.29, 0.717) is 45.1 Å². The number of amides is 1. The number of tetrazole rings is 1. The molecule has 0 radical (unpaired) electrons. The van der Waals surface area contributed by atoms with Crippen molar-refractivity contribution in [1.82, 2.24) is 35.0 Å². The Morgan fingerprint density at radius 3 is 2.76 bits per heavy atom. The van der Waals surface area contributed by atoms with Gasteiger partial charge in [0.25, 0.3) is 5.91 Å². The Morgan fingerprint density at radius 2 is 2.00 bits per heavy atom. The van der Waals surface area contributed by atoms with E-state index in [-0.39, 0.29) is 24.4 Å². The average Bonchev–Trinajstić information content (AvgIpc) is 3.56. The number of rotatable bonds is 7. The van der Waals surface area contributed by atoms with E-state index in [9.17, 15) is 4.79 Å². The molecule has 1 unspecified atom stereocenters. The van der Waals surface area contributed by atoms with Crippen LogP contribution in [0.3, 0.4) is 0 Å². The van der Waals surface area contributed by atoms with Crippen LogP contribution in [-0.4, -0.2) is 80.8 Å². The van der Waals surface area contributed by atoms with Crippen LogP contribution >= 0.6 is 12.4 Å². The third-order valence-corrected chi connectivity index (χ3v) is 5.95. The number of halogens is 1. The minimum Gasteiger partial charge on any atom is -0.459 e. The number of methoxy groups -OCH3 is 1. The molecule has 1 aromatic carbocycles. The van der Waals surface area contributed by atoms with Crippen LogP contribution in [0, 0.1) is 0 Å². The summed E-state index contributed by atoms with van der Waals surface area (Å²) in [6.45, 7) is 3.60. The highest BCUT2D eigenvalue weighted by Gasteiger charge is 2.32. The van der Waals surface area contributed by atoms with Crippen molar-refractivity contribution in [1.29, 1.82) is 0 Å². The zero-order valence-electron chi connectivity index (χ0n) is 18.8. The molecule has 0 N–H and O–H groups in total. The van der Waals surface area contributed by atoms with Gasteiger partial charge in [-0.15, -0.1) is 17.5 Å². The van der Waals surface area contributed by atoms with Gasteiger partial charge in [0.05, 0.1) is 31.0 Å². The molecule has 0 bridgehead atoms. The molecule has 3 aromatic heterocycles. The first kappa shape index (κ1) is 23.8. The molecule has 4 heterocycles. The average molecular weight is 484 g/mol. The first-order valence-corrected chi connectivity index (χ1v) is 10.9. The number of aromatic nitrogens is 5. The lowest BCUT2D eigenvalue weighted by Gasteiger charge is -2.38. The van der Waals surface area contributed by atoms with Crippen LogP contribution in [0.25, 0.3) is 10.9 Å². The molecular formula is C23H26ClN7O3. The summed E-state index contributed by atoms with van der Waals surface area (Å²) in [5.41, 5.74) is 2.02. The molecule has 1 aliphatic rings. The minimum absolute atomic E-state index is 0. The van der Waals surface area contributed by atoms with Gasteiger partial charge in [-0.1, -0.05) is 12.1 Å². The van der Waals surface area contributed by atoms with Crippen molar-refractivity contribution in [2.45, 2.75) is 12.6 Å². The third kappa shape index (κ3) is 4.79. The summed E-state index contributed by atoms with van der Waals surface area (Å²) in [5.74, 6) is 1.03. The van der Waals surface area contributed by atoms with Gasteiger partial charge in [-0.05, 0) is 46.3 Å². The smallest absolute Gasteiger partial charge is 0.289 e. The van der Waals surface area contributed by atoms with Gasteiger partial charge in [-0.3, -0.25) is 14.7 Å².